The van der Waals surface area contributed by atoms with E-state index in [4.69, 9.17) is 10.5 Å². The van der Waals surface area contributed by atoms with E-state index < -0.39 is 11.0 Å². The van der Waals surface area contributed by atoms with Gasteiger partial charge in [0.25, 0.3) is 0 Å². The predicted molar refractivity (Wildman–Crippen MR) is 97.4 cm³/mol. The number of nitrogens with two attached hydrogens (primary N) is 1. The van der Waals surface area contributed by atoms with Crippen LogP contribution in [0.25, 0.3) is 0 Å². The number of nitrogens with one attached hydrogen (secondary N) is 1. The SMILES string of the molecule is CCOC1CC(N)(C(=O)Nc2ccc(N3CCCC3=O)cc2)C1(C)C. The molecule has 0 bridgehead atoms. The minimum Gasteiger partial charge on any atom is -0.378 e. The van der Waals surface area contributed by atoms with Crippen molar-refractivity contribution in [1.29, 1.82) is 0 Å². The van der Waals surface area contributed by atoms with Gasteiger partial charge >= 0.3 is 0 Å². The van der Waals surface area contributed by atoms with Crippen molar-refractivity contribution >= 4 is 23.2 Å². The lowest BCUT2D eigenvalue weighted by Crippen LogP contribution is -2.74. The highest BCUT2D eigenvalue weighted by Gasteiger charge is 2.62. The molecule has 6 heteroatoms. The maximum Gasteiger partial charge on any atom is 0.245 e. The summed E-state index contributed by atoms with van der Waals surface area (Å²) in [6.07, 6.45) is 2.00. The summed E-state index contributed by atoms with van der Waals surface area (Å²) in [5, 5.41) is 2.91. The third kappa shape index (κ3) is 2.93. The molecule has 2 atom stereocenters. The molecular formula is C19H27N3O3. The van der Waals surface area contributed by atoms with E-state index in [2.05, 4.69) is 5.32 Å². The number of anilines is 2. The van der Waals surface area contributed by atoms with E-state index in [1.165, 1.54) is 0 Å². The largest absolute Gasteiger partial charge is 0.378 e. The third-order valence-corrected chi connectivity index (χ3v) is 5.75. The molecule has 3 rings (SSSR count). The molecule has 0 radical (unpaired) electrons. The number of amides is 2. The zero-order valence-corrected chi connectivity index (χ0v) is 15.2. The first-order valence-corrected chi connectivity index (χ1v) is 8.92. The number of rotatable bonds is 5. The maximum atomic E-state index is 12.7. The molecule has 6 nitrogen and oxygen atoms in total. The van der Waals surface area contributed by atoms with Gasteiger partial charge in [0, 0.05) is 42.8 Å². The summed E-state index contributed by atoms with van der Waals surface area (Å²) < 4.78 is 5.67. The zero-order chi connectivity index (χ0) is 18.2. The van der Waals surface area contributed by atoms with Crippen LogP contribution in [0.5, 0.6) is 0 Å². The second kappa shape index (κ2) is 6.42. The smallest absolute Gasteiger partial charge is 0.245 e. The summed E-state index contributed by atoms with van der Waals surface area (Å²) in [5.41, 5.74) is 6.57. The second-order valence-electron chi connectivity index (χ2n) is 7.49. The van der Waals surface area contributed by atoms with Crippen molar-refractivity contribution in [2.24, 2.45) is 11.1 Å². The first-order chi connectivity index (χ1) is 11.8. The number of carbonyl (C=O) groups excluding carboxylic acids is 2. The Kier molecular flexibility index (Phi) is 4.60. The number of carbonyl (C=O) groups is 2. The van der Waals surface area contributed by atoms with Crippen LogP contribution in [0, 0.1) is 5.41 Å². The lowest BCUT2D eigenvalue weighted by atomic mass is 9.54. The maximum absolute atomic E-state index is 12.7. The molecule has 2 aliphatic rings. The van der Waals surface area contributed by atoms with Gasteiger partial charge < -0.3 is 20.7 Å². The van der Waals surface area contributed by atoms with Crippen molar-refractivity contribution in [3.8, 4) is 0 Å². The summed E-state index contributed by atoms with van der Waals surface area (Å²) in [7, 11) is 0. The van der Waals surface area contributed by atoms with Crippen LogP contribution in [0.3, 0.4) is 0 Å². The van der Waals surface area contributed by atoms with Gasteiger partial charge in [-0.15, -0.1) is 0 Å². The molecule has 3 N–H and O–H groups in total. The first kappa shape index (κ1) is 17.9. The summed E-state index contributed by atoms with van der Waals surface area (Å²) in [4.78, 5) is 26.3. The Morgan fingerprint density at radius 3 is 2.56 bits per heavy atom. The Bertz CT molecular complexity index is 671. The number of nitrogens with zero attached hydrogens (tertiary/aromatic N) is 1. The predicted octanol–water partition coefficient (Wildman–Crippen LogP) is 2.28. The average molecular weight is 345 g/mol. The van der Waals surface area contributed by atoms with Crippen molar-refractivity contribution < 1.29 is 14.3 Å². The Hall–Kier alpha value is -1.92. The molecule has 0 spiro atoms. The Morgan fingerprint density at radius 1 is 1.36 bits per heavy atom. The highest BCUT2D eigenvalue weighted by Crippen LogP contribution is 2.50. The lowest BCUT2D eigenvalue weighted by Gasteiger charge is -2.57. The lowest BCUT2D eigenvalue weighted by molar-refractivity contribution is -0.166. The van der Waals surface area contributed by atoms with Gasteiger partial charge in [0.15, 0.2) is 0 Å². The quantitative estimate of drug-likeness (QED) is 0.857. The fourth-order valence-corrected chi connectivity index (χ4v) is 3.71. The fourth-order valence-electron chi connectivity index (χ4n) is 3.71. The summed E-state index contributed by atoms with van der Waals surface area (Å²) >= 11 is 0. The first-order valence-electron chi connectivity index (χ1n) is 8.92. The van der Waals surface area contributed by atoms with E-state index in [0.717, 1.165) is 18.7 Å². The van der Waals surface area contributed by atoms with E-state index in [-0.39, 0.29) is 17.9 Å². The standard InChI is InChI=1S/C19H27N3O3/c1-4-25-15-12-19(20,18(15,2)3)17(24)21-13-7-9-14(10-8-13)22-11-5-6-16(22)23/h7-10,15H,4-6,11-12,20H2,1-3H3,(H,21,24). The summed E-state index contributed by atoms with van der Waals surface area (Å²) in [6.45, 7) is 7.25. The van der Waals surface area contributed by atoms with Gasteiger partial charge in [-0.2, -0.15) is 0 Å². The molecular weight excluding hydrogens is 318 g/mol. The van der Waals surface area contributed by atoms with Crippen LogP contribution >= 0.6 is 0 Å². The van der Waals surface area contributed by atoms with Gasteiger partial charge in [-0.1, -0.05) is 13.8 Å². The number of hydrogen-bond acceptors (Lipinski definition) is 4. The van der Waals surface area contributed by atoms with Crippen molar-refractivity contribution in [3.05, 3.63) is 24.3 Å². The highest BCUT2D eigenvalue weighted by atomic mass is 16.5. The van der Waals surface area contributed by atoms with Crippen LogP contribution in [0.4, 0.5) is 11.4 Å². The van der Waals surface area contributed by atoms with Crippen LogP contribution in [0.2, 0.25) is 0 Å². The molecule has 2 fully saturated rings. The van der Waals surface area contributed by atoms with Crippen LogP contribution in [0.1, 0.15) is 40.0 Å². The average Bonchev–Trinajstić information content (AvgIpc) is 3.01. The molecule has 0 aromatic heterocycles. The molecule has 1 saturated heterocycles. The summed E-state index contributed by atoms with van der Waals surface area (Å²) in [5.74, 6) is -0.0469. The fraction of sp³-hybridized carbons (Fsp3) is 0.579. The van der Waals surface area contributed by atoms with Crippen molar-refractivity contribution in [2.75, 3.05) is 23.4 Å². The highest BCUT2D eigenvalue weighted by molar-refractivity contribution is 6.00. The minimum absolute atomic E-state index is 0.00296. The van der Waals surface area contributed by atoms with E-state index >= 15 is 0 Å². The Balaban J connectivity index is 1.66. The van der Waals surface area contributed by atoms with Gasteiger partial charge in [-0.05, 0) is 37.6 Å². The molecule has 1 saturated carbocycles. The monoisotopic (exact) mass is 345 g/mol. The molecule has 1 aromatic carbocycles. The molecule has 1 heterocycles. The van der Waals surface area contributed by atoms with E-state index in [1.54, 1.807) is 4.90 Å². The van der Waals surface area contributed by atoms with Crippen LogP contribution in [0.15, 0.2) is 24.3 Å². The second-order valence-corrected chi connectivity index (χ2v) is 7.49. The van der Waals surface area contributed by atoms with Gasteiger partial charge in [-0.25, -0.2) is 0 Å². The number of hydrogen-bond donors (Lipinski definition) is 2. The molecule has 1 aliphatic carbocycles. The van der Waals surface area contributed by atoms with Crippen LogP contribution < -0.4 is 16.0 Å². The Labute approximate surface area is 148 Å². The molecule has 1 aromatic rings. The van der Waals surface area contributed by atoms with E-state index in [9.17, 15) is 9.59 Å². The third-order valence-electron chi connectivity index (χ3n) is 5.75. The summed E-state index contributed by atoms with van der Waals surface area (Å²) in [6, 6.07) is 7.34. The molecule has 2 amide bonds. The normalized spacial score (nSPS) is 27.9. The van der Waals surface area contributed by atoms with Gasteiger partial charge in [0.2, 0.25) is 11.8 Å². The number of benzene rings is 1. The number of ether oxygens (including phenoxy) is 1. The van der Waals surface area contributed by atoms with Gasteiger partial charge in [0.1, 0.15) is 5.54 Å². The minimum atomic E-state index is -0.948. The molecule has 1 aliphatic heterocycles. The van der Waals surface area contributed by atoms with E-state index in [0.29, 0.717) is 25.1 Å². The van der Waals surface area contributed by atoms with Crippen molar-refractivity contribution in [2.45, 2.75) is 51.7 Å². The van der Waals surface area contributed by atoms with Crippen LogP contribution in [-0.4, -0.2) is 36.6 Å². The van der Waals surface area contributed by atoms with E-state index in [1.807, 2.05) is 45.0 Å². The molecule has 136 valence electrons. The molecule has 25 heavy (non-hydrogen) atoms. The Morgan fingerprint density at radius 2 is 2.04 bits per heavy atom. The molecule has 2 unspecified atom stereocenters. The van der Waals surface area contributed by atoms with Gasteiger partial charge in [-0.3, -0.25) is 9.59 Å². The van der Waals surface area contributed by atoms with Crippen molar-refractivity contribution in [1.82, 2.24) is 0 Å². The zero-order valence-electron chi connectivity index (χ0n) is 15.2. The van der Waals surface area contributed by atoms with Crippen molar-refractivity contribution in [3.63, 3.8) is 0 Å². The topological polar surface area (TPSA) is 84.7 Å². The van der Waals surface area contributed by atoms with Crippen LogP contribution in [-0.2, 0) is 14.3 Å². The van der Waals surface area contributed by atoms with Gasteiger partial charge in [0.05, 0.1) is 6.10 Å².